The van der Waals surface area contributed by atoms with Crippen molar-refractivity contribution in [1.82, 2.24) is 15.0 Å². The maximum Gasteiger partial charge on any atom is 0.321 e. The summed E-state index contributed by atoms with van der Waals surface area (Å²) in [6.45, 7) is 6.61. The zero-order chi connectivity index (χ0) is 27.4. The summed E-state index contributed by atoms with van der Waals surface area (Å²) in [5.41, 5.74) is 7.83. The van der Waals surface area contributed by atoms with E-state index in [4.69, 9.17) is 10.6 Å². The van der Waals surface area contributed by atoms with E-state index in [1.165, 1.54) is 16.2 Å². The Bertz CT molecular complexity index is 1290. The molecular formula is C25H31N7O5S. The third kappa shape index (κ3) is 5.69. The number of hydrogen-bond donors (Lipinski definition) is 3. The summed E-state index contributed by atoms with van der Waals surface area (Å²) in [4.78, 5) is 46.6. The number of carbonyl (C=O) groups is 2. The van der Waals surface area contributed by atoms with E-state index in [0.29, 0.717) is 55.5 Å². The van der Waals surface area contributed by atoms with Crippen molar-refractivity contribution in [3.8, 4) is 0 Å². The van der Waals surface area contributed by atoms with E-state index in [-0.39, 0.29) is 6.61 Å². The van der Waals surface area contributed by atoms with Crippen LogP contribution in [0.3, 0.4) is 0 Å². The van der Waals surface area contributed by atoms with Crippen molar-refractivity contribution in [2.24, 2.45) is 16.3 Å². The number of aliphatic hydroxyl groups excluding tert-OH is 1. The number of hydrogen-bond acceptors (Lipinski definition) is 10. The Morgan fingerprint density at radius 1 is 1.34 bits per heavy atom. The second-order valence-corrected chi connectivity index (χ2v) is 10.5. The number of rotatable bonds is 8. The number of anilines is 2. The molecule has 1 aliphatic heterocycles. The lowest BCUT2D eigenvalue weighted by Gasteiger charge is -2.36. The van der Waals surface area contributed by atoms with Gasteiger partial charge in [-0.1, -0.05) is 11.3 Å². The molecule has 2 aliphatic rings. The Labute approximate surface area is 224 Å². The van der Waals surface area contributed by atoms with Crippen molar-refractivity contribution in [2.45, 2.75) is 46.1 Å². The topological polar surface area (TPSA) is 167 Å². The lowest BCUT2D eigenvalue weighted by Crippen LogP contribution is -2.43. The molecule has 2 aromatic rings. The van der Waals surface area contributed by atoms with Gasteiger partial charge in [0.2, 0.25) is 5.95 Å². The number of thiazole rings is 1. The van der Waals surface area contributed by atoms with Gasteiger partial charge in [0, 0.05) is 49.9 Å². The van der Waals surface area contributed by atoms with E-state index in [0.717, 1.165) is 21.7 Å². The molecule has 1 saturated heterocycles. The summed E-state index contributed by atoms with van der Waals surface area (Å²) in [6.07, 6.45) is 6.41. The number of piperidine rings is 1. The minimum atomic E-state index is -0.774. The normalized spacial score (nSPS) is 17.1. The van der Waals surface area contributed by atoms with Crippen LogP contribution in [0.15, 0.2) is 23.6 Å². The molecule has 1 unspecified atom stereocenters. The highest BCUT2D eigenvalue weighted by molar-refractivity contribution is 7.17. The van der Waals surface area contributed by atoms with E-state index in [1.54, 1.807) is 26.2 Å². The lowest BCUT2D eigenvalue weighted by atomic mass is 9.80. The van der Waals surface area contributed by atoms with Crippen LogP contribution < -0.4 is 15.5 Å². The van der Waals surface area contributed by atoms with E-state index < -0.39 is 23.5 Å². The first-order valence-corrected chi connectivity index (χ1v) is 13.1. The first-order valence-electron chi connectivity index (χ1n) is 12.3. The standard InChI is InChI=1S/C25H31N7O5S/c1-4-32(22(26)36)24-30-19-10-16(9-17(20(19)38-24)13-29-37-15(2)14-33)18-11-27-23(28-12-18)31-7-5-25(3,6-8-31)21(34)35/h9,11-12,15,33H,4-8,10,14H2,1-3H3,(H2,26,36)(H,34,35). The minimum Gasteiger partial charge on any atom is -0.481 e. The van der Waals surface area contributed by atoms with Crippen LogP contribution in [0, 0.1) is 5.41 Å². The molecule has 202 valence electrons. The molecule has 4 N–H and O–H groups in total. The van der Waals surface area contributed by atoms with Crippen LogP contribution in [0.5, 0.6) is 0 Å². The van der Waals surface area contributed by atoms with Crippen molar-refractivity contribution in [1.29, 1.82) is 0 Å². The predicted octanol–water partition coefficient (Wildman–Crippen LogP) is 2.53. The number of fused-ring (bicyclic) bond motifs is 1. The van der Waals surface area contributed by atoms with Gasteiger partial charge in [-0.3, -0.25) is 9.69 Å². The van der Waals surface area contributed by atoms with Crippen molar-refractivity contribution in [3.05, 3.63) is 34.6 Å². The third-order valence-electron chi connectivity index (χ3n) is 6.75. The van der Waals surface area contributed by atoms with E-state index >= 15 is 0 Å². The summed E-state index contributed by atoms with van der Waals surface area (Å²) >= 11 is 1.31. The third-order valence-corrected chi connectivity index (χ3v) is 7.91. The van der Waals surface area contributed by atoms with Gasteiger partial charge >= 0.3 is 12.0 Å². The number of nitrogens with zero attached hydrogens (tertiary/aromatic N) is 6. The van der Waals surface area contributed by atoms with E-state index in [2.05, 4.69) is 26.0 Å². The summed E-state index contributed by atoms with van der Waals surface area (Å²) < 4.78 is 0. The molecule has 12 nitrogen and oxygen atoms in total. The molecular weight excluding hydrogens is 510 g/mol. The number of aliphatic carboxylic acids is 1. The number of allylic oxidation sites excluding steroid dienone is 3. The van der Waals surface area contributed by atoms with Crippen LogP contribution in [0.25, 0.3) is 11.1 Å². The van der Waals surface area contributed by atoms with Gasteiger partial charge in [-0.2, -0.15) is 0 Å². The molecule has 0 saturated carbocycles. The van der Waals surface area contributed by atoms with Crippen LogP contribution in [0.2, 0.25) is 0 Å². The minimum absolute atomic E-state index is 0.183. The van der Waals surface area contributed by atoms with Crippen LogP contribution in [-0.2, 0) is 16.1 Å². The van der Waals surface area contributed by atoms with E-state index in [9.17, 15) is 19.8 Å². The predicted molar refractivity (Wildman–Crippen MR) is 144 cm³/mol. The maximum absolute atomic E-state index is 11.9. The smallest absolute Gasteiger partial charge is 0.321 e. The van der Waals surface area contributed by atoms with Crippen LogP contribution in [0.4, 0.5) is 15.9 Å². The van der Waals surface area contributed by atoms with Gasteiger partial charge in [-0.05, 0) is 50.4 Å². The Hall–Kier alpha value is -3.80. The fourth-order valence-corrected chi connectivity index (χ4v) is 5.29. The Morgan fingerprint density at radius 2 is 2.03 bits per heavy atom. The molecule has 0 spiro atoms. The highest BCUT2D eigenvalue weighted by Crippen LogP contribution is 2.39. The Balaban J connectivity index is 1.61. The summed E-state index contributed by atoms with van der Waals surface area (Å²) in [7, 11) is 0. The number of primary amides is 1. The number of aliphatic hydroxyl groups is 1. The van der Waals surface area contributed by atoms with Gasteiger partial charge in [0.05, 0.1) is 28.2 Å². The first-order chi connectivity index (χ1) is 18.1. The average molecular weight is 542 g/mol. The van der Waals surface area contributed by atoms with Gasteiger partial charge in [-0.25, -0.2) is 19.7 Å². The number of carboxylic acid groups (broad SMARTS) is 1. The van der Waals surface area contributed by atoms with E-state index in [1.807, 2.05) is 17.9 Å². The summed E-state index contributed by atoms with van der Waals surface area (Å²) in [6, 6.07) is -0.587. The largest absolute Gasteiger partial charge is 0.481 e. The van der Waals surface area contributed by atoms with Gasteiger partial charge in [0.25, 0.3) is 0 Å². The van der Waals surface area contributed by atoms with Crippen molar-refractivity contribution >= 4 is 51.4 Å². The second-order valence-electron chi connectivity index (χ2n) is 9.54. The average Bonchev–Trinajstić information content (AvgIpc) is 3.33. The molecule has 2 aromatic heterocycles. The zero-order valence-corrected chi connectivity index (χ0v) is 22.4. The molecule has 1 fully saturated rings. The number of urea groups is 1. The number of carboxylic acids is 1. The number of nitrogens with two attached hydrogens (primary N) is 1. The molecule has 0 aromatic carbocycles. The van der Waals surface area contributed by atoms with Crippen molar-refractivity contribution in [2.75, 3.05) is 36.0 Å². The molecule has 2 amide bonds. The fraction of sp³-hybridized carbons (Fsp3) is 0.480. The quantitative estimate of drug-likeness (QED) is 0.336. The molecule has 13 heteroatoms. The molecule has 1 aliphatic carbocycles. The molecule has 0 radical (unpaired) electrons. The summed E-state index contributed by atoms with van der Waals surface area (Å²) in [5.74, 6) is 2.67. The first kappa shape index (κ1) is 27.2. The van der Waals surface area contributed by atoms with Gasteiger partial charge in [0.1, 0.15) is 6.10 Å². The molecule has 38 heavy (non-hydrogen) atoms. The number of carbonyl (C=O) groups excluding carboxylic acids is 1. The number of aromatic nitrogens is 3. The van der Waals surface area contributed by atoms with Crippen LogP contribution in [-0.4, -0.2) is 75.4 Å². The lowest BCUT2D eigenvalue weighted by molar-refractivity contribution is -0.149. The fourth-order valence-electron chi connectivity index (χ4n) is 4.17. The Kier molecular flexibility index (Phi) is 8.10. The monoisotopic (exact) mass is 541 g/mol. The molecule has 3 heterocycles. The van der Waals surface area contributed by atoms with Crippen molar-refractivity contribution < 1.29 is 24.6 Å². The van der Waals surface area contributed by atoms with Gasteiger partial charge < -0.3 is 25.7 Å². The molecule has 0 bridgehead atoms. The van der Waals surface area contributed by atoms with Crippen LogP contribution in [0.1, 0.15) is 49.7 Å². The summed E-state index contributed by atoms with van der Waals surface area (Å²) in [5, 5.41) is 23.1. The van der Waals surface area contributed by atoms with Gasteiger partial charge in [0.15, 0.2) is 5.13 Å². The number of amides is 2. The SMILES string of the molecule is CCN(C(N)=O)c1nc2c(s1)C(=C=NOC(C)CO)C=C(c1cnc(N3CCC(C)(C(=O)O)CC3)nc1)C2. The highest BCUT2D eigenvalue weighted by Gasteiger charge is 2.37. The Morgan fingerprint density at radius 3 is 2.61 bits per heavy atom. The molecule has 1 atom stereocenters. The second kappa shape index (κ2) is 11.3. The maximum atomic E-state index is 11.9. The molecule has 4 rings (SSSR count). The zero-order valence-electron chi connectivity index (χ0n) is 21.5. The van der Waals surface area contributed by atoms with Gasteiger partial charge in [-0.15, -0.1) is 0 Å². The van der Waals surface area contributed by atoms with Crippen LogP contribution >= 0.6 is 11.3 Å². The highest BCUT2D eigenvalue weighted by atomic mass is 32.1. The van der Waals surface area contributed by atoms with Crippen molar-refractivity contribution in [3.63, 3.8) is 0 Å².